The second-order valence-corrected chi connectivity index (χ2v) is 4.42. The van der Waals surface area contributed by atoms with Crippen molar-refractivity contribution in [2.45, 2.75) is 20.4 Å². The first-order chi connectivity index (χ1) is 8.38. The highest BCUT2D eigenvalue weighted by Crippen LogP contribution is 2.11. The summed E-state index contributed by atoms with van der Waals surface area (Å²) in [6.45, 7) is 4.15. The quantitative estimate of drug-likeness (QED) is 0.777. The summed E-state index contributed by atoms with van der Waals surface area (Å²) in [6.07, 6.45) is 0. The molecule has 18 heavy (non-hydrogen) atoms. The molecule has 0 heterocycles. The van der Waals surface area contributed by atoms with Crippen molar-refractivity contribution in [1.29, 1.82) is 0 Å². The number of aryl methyl sites for hydroxylation is 2. The average Bonchev–Trinajstić information content (AvgIpc) is 2.21. The fourth-order valence-electron chi connectivity index (χ4n) is 1.74. The average molecular weight is 250 g/mol. The minimum absolute atomic E-state index is 0.0563. The van der Waals surface area contributed by atoms with Gasteiger partial charge < -0.3 is 10.8 Å². The summed E-state index contributed by atoms with van der Waals surface area (Å²) in [5.74, 6) is -1.50. The number of nitrogens with two attached hydrogens (primary N) is 1. The maximum absolute atomic E-state index is 10.9. The van der Waals surface area contributed by atoms with Gasteiger partial charge in [0.2, 0.25) is 5.91 Å². The Hall–Kier alpha value is -1.88. The van der Waals surface area contributed by atoms with Crippen LogP contribution in [0.5, 0.6) is 0 Å². The predicted molar refractivity (Wildman–Crippen MR) is 68.0 cm³/mol. The topological polar surface area (TPSA) is 83.6 Å². The molecule has 0 atom stereocenters. The molecule has 0 fully saturated rings. The first-order valence-corrected chi connectivity index (χ1v) is 5.67. The molecule has 1 amide bonds. The number of aliphatic carboxylic acids is 1. The van der Waals surface area contributed by atoms with Crippen molar-refractivity contribution in [2.24, 2.45) is 5.73 Å². The van der Waals surface area contributed by atoms with E-state index in [0.717, 1.165) is 11.1 Å². The molecule has 0 aromatic heterocycles. The smallest absolute Gasteiger partial charge is 0.317 e. The van der Waals surface area contributed by atoms with Gasteiger partial charge in [-0.05, 0) is 30.5 Å². The minimum atomic E-state index is -0.972. The van der Waals surface area contributed by atoms with Gasteiger partial charge in [-0.3, -0.25) is 14.5 Å². The van der Waals surface area contributed by atoms with Crippen LogP contribution >= 0.6 is 0 Å². The van der Waals surface area contributed by atoms with Gasteiger partial charge in [0.15, 0.2) is 0 Å². The summed E-state index contributed by atoms with van der Waals surface area (Å²) in [6, 6.07) is 5.90. The van der Waals surface area contributed by atoms with Gasteiger partial charge in [-0.25, -0.2) is 0 Å². The number of carbonyl (C=O) groups is 2. The van der Waals surface area contributed by atoms with Gasteiger partial charge >= 0.3 is 5.97 Å². The Kier molecular flexibility index (Phi) is 4.85. The number of amides is 1. The number of carboxylic acid groups (broad SMARTS) is 1. The van der Waals surface area contributed by atoms with Crippen molar-refractivity contribution in [3.8, 4) is 0 Å². The molecule has 0 bridgehead atoms. The molecule has 0 aliphatic carbocycles. The largest absolute Gasteiger partial charge is 0.480 e. The Morgan fingerprint density at radius 3 is 2.39 bits per heavy atom. The van der Waals surface area contributed by atoms with E-state index in [4.69, 9.17) is 10.8 Å². The predicted octanol–water partition coefficient (Wildman–Crippen LogP) is 0.675. The molecular formula is C13H18N2O3. The first-order valence-electron chi connectivity index (χ1n) is 5.67. The standard InChI is InChI=1S/C13H18N2O3/c1-9-3-4-11(5-10(9)2)6-15(7-12(14)16)8-13(17)18/h3-5H,6-8H2,1-2H3,(H2,14,16)(H,17,18). The van der Waals surface area contributed by atoms with Gasteiger partial charge in [0.05, 0.1) is 13.1 Å². The molecule has 0 saturated carbocycles. The van der Waals surface area contributed by atoms with Crippen molar-refractivity contribution in [1.82, 2.24) is 4.90 Å². The van der Waals surface area contributed by atoms with Crippen LogP contribution in [-0.4, -0.2) is 35.0 Å². The molecule has 0 aliphatic rings. The van der Waals surface area contributed by atoms with Crippen LogP contribution in [0.25, 0.3) is 0 Å². The summed E-state index contributed by atoms with van der Waals surface area (Å²) in [7, 11) is 0. The monoisotopic (exact) mass is 250 g/mol. The number of benzene rings is 1. The third kappa shape index (κ3) is 4.55. The van der Waals surface area contributed by atoms with E-state index in [9.17, 15) is 9.59 Å². The highest BCUT2D eigenvalue weighted by atomic mass is 16.4. The zero-order valence-electron chi connectivity index (χ0n) is 10.6. The van der Waals surface area contributed by atoms with Crippen LogP contribution in [0.4, 0.5) is 0 Å². The lowest BCUT2D eigenvalue weighted by molar-refractivity contribution is -0.138. The molecule has 0 spiro atoms. The Bertz CT molecular complexity index is 442. The summed E-state index contributed by atoms with van der Waals surface area (Å²) >= 11 is 0. The Morgan fingerprint density at radius 1 is 1.22 bits per heavy atom. The summed E-state index contributed by atoms with van der Waals surface area (Å²) in [5.41, 5.74) is 8.40. The van der Waals surface area contributed by atoms with Crippen molar-refractivity contribution in [2.75, 3.05) is 13.1 Å². The van der Waals surface area contributed by atoms with Crippen LogP contribution in [0, 0.1) is 13.8 Å². The Labute approximate surface area is 106 Å². The fourth-order valence-corrected chi connectivity index (χ4v) is 1.74. The van der Waals surface area contributed by atoms with E-state index in [0.29, 0.717) is 6.54 Å². The highest BCUT2D eigenvalue weighted by Gasteiger charge is 2.13. The van der Waals surface area contributed by atoms with Gasteiger partial charge in [-0.15, -0.1) is 0 Å². The normalized spacial score (nSPS) is 10.6. The third-order valence-electron chi connectivity index (χ3n) is 2.72. The molecule has 0 saturated heterocycles. The van der Waals surface area contributed by atoms with Crippen molar-refractivity contribution in [3.05, 3.63) is 34.9 Å². The van der Waals surface area contributed by atoms with E-state index in [2.05, 4.69) is 0 Å². The molecular weight excluding hydrogens is 232 g/mol. The van der Waals surface area contributed by atoms with E-state index in [-0.39, 0.29) is 13.1 Å². The lowest BCUT2D eigenvalue weighted by atomic mass is 10.1. The molecule has 98 valence electrons. The van der Waals surface area contributed by atoms with Crippen LogP contribution in [-0.2, 0) is 16.1 Å². The zero-order valence-corrected chi connectivity index (χ0v) is 10.6. The number of nitrogens with zero attached hydrogens (tertiary/aromatic N) is 1. The number of hydrogen-bond donors (Lipinski definition) is 2. The number of carboxylic acids is 1. The highest BCUT2D eigenvalue weighted by molar-refractivity contribution is 5.77. The van der Waals surface area contributed by atoms with Crippen LogP contribution in [0.15, 0.2) is 18.2 Å². The van der Waals surface area contributed by atoms with Crippen LogP contribution in [0.3, 0.4) is 0 Å². The minimum Gasteiger partial charge on any atom is -0.480 e. The molecule has 0 radical (unpaired) electrons. The second kappa shape index (κ2) is 6.16. The van der Waals surface area contributed by atoms with Crippen molar-refractivity contribution < 1.29 is 14.7 Å². The van der Waals surface area contributed by atoms with Gasteiger partial charge in [0.1, 0.15) is 0 Å². The van der Waals surface area contributed by atoms with Crippen molar-refractivity contribution in [3.63, 3.8) is 0 Å². The molecule has 1 aromatic rings. The molecule has 5 nitrogen and oxygen atoms in total. The number of carbonyl (C=O) groups excluding carboxylic acids is 1. The molecule has 0 unspecified atom stereocenters. The molecule has 1 rings (SSSR count). The van der Waals surface area contributed by atoms with Crippen LogP contribution in [0.1, 0.15) is 16.7 Å². The molecule has 0 aliphatic heterocycles. The van der Waals surface area contributed by atoms with E-state index in [1.165, 1.54) is 10.5 Å². The van der Waals surface area contributed by atoms with E-state index in [1.54, 1.807) is 0 Å². The maximum atomic E-state index is 10.9. The van der Waals surface area contributed by atoms with Gasteiger partial charge in [0.25, 0.3) is 0 Å². The molecule has 3 N–H and O–H groups in total. The fraction of sp³-hybridized carbons (Fsp3) is 0.385. The van der Waals surface area contributed by atoms with Gasteiger partial charge in [-0.1, -0.05) is 18.2 Å². The van der Waals surface area contributed by atoms with Crippen LogP contribution < -0.4 is 5.73 Å². The Morgan fingerprint density at radius 2 is 1.89 bits per heavy atom. The summed E-state index contributed by atoms with van der Waals surface area (Å²) in [5, 5.41) is 8.78. The third-order valence-corrected chi connectivity index (χ3v) is 2.72. The van der Waals surface area contributed by atoms with E-state index >= 15 is 0 Å². The summed E-state index contributed by atoms with van der Waals surface area (Å²) < 4.78 is 0. The van der Waals surface area contributed by atoms with Crippen LogP contribution in [0.2, 0.25) is 0 Å². The molecule has 1 aromatic carbocycles. The summed E-state index contributed by atoms with van der Waals surface area (Å²) in [4.78, 5) is 23.1. The zero-order chi connectivity index (χ0) is 13.7. The molecule has 5 heteroatoms. The Balaban J connectivity index is 2.77. The van der Waals surface area contributed by atoms with E-state index < -0.39 is 11.9 Å². The lowest BCUT2D eigenvalue weighted by Crippen LogP contribution is -2.36. The number of rotatable bonds is 6. The SMILES string of the molecule is Cc1ccc(CN(CC(N)=O)CC(=O)O)cc1C. The lowest BCUT2D eigenvalue weighted by Gasteiger charge is -2.19. The maximum Gasteiger partial charge on any atom is 0.317 e. The number of hydrogen-bond acceptors (Lipinski definition) is 3. The number of primary amides is 1. The first kappa shape index (κ1) is 14.2. The van der Waals surface area contributed by atoms with E-state index in [1.807, 2.05) is 32.0 Å². The van der Waals surface area contributed by atoms with Gasteiger partial charge in [-0.2, -0.15) is 0 Å². The second-order valence-electron chi connectivity index (χ2n) is 4.42. The van der Waals surface area contributed by atoms with Crippen molar-refractivity contribution >= 4 is 11.9 Å². The van der Waals surface area contributed by atoms with Gasteiger partial charge in [0, 0.05) is 6.54 Å².